The molecule has 2 heterocycles. The summed E-state index contributed by atoms with van der Waals surface area (Å²) in [5, 5.41) is 3.69. The molecule has 0 radical (unpaired) electrons. The van der Waals surface area contributed by atoms with Crippen molar-refractivity contribution in [2.24, 2.45) is 0 Å². The van der Waals surface area contributed by atoms with Gasteiger partial charge in [0, 0.05) is 17.8 Å². The second kappa shape index (κ2) is 6.32. The Morgan fingerprint density at radius 3 is 2.60 bits per heavy atom. The van der Waals surface area contributed by atoms with Gasteiger partial charge >= 0.3 is 0 Å². The molecule has 1 aliphatic carbocycles. The van der Waals surface area contributed by atoms with E-state index >= 15 is 0 Å². The third-order valence-electron chi connectivity index (χ3n) is 4.43. The lowest BCUT2D eigenvalue weighted by Crippen LogP contribution is -2.34. The highest BCUT2D eigenvalue weighted by Gasteiger charge is 2.41. The van der Waals surface area contributed by atoms with Crippen molar-refractivity contribution in [3.63, 3.8) is 0 Å². The number of hydrogen-bond donors (Lipinski definition) is 1. The van der Waals surface area contributed by atoms with Crippen LogP contribution in [0, 0.1) is 0 Å². The zero-order valence-corrected chi connectivity index (χ0v) is 14.7. The lowest BCUT2D eigenvalue weighted by molar-refractivity contribution is -0.121. The number of carbonyl (C=O) groups is 2. The van der Waals surface area contributed by atoms with Crippen LogP contribution in [0.3, 0.4) is 0 Å². The molecule has 1 fully saturated rings. The molecule has 2 aromatic rings. The fraction of sp³-hybridized carbons (Fsp3) is 0.278. The van der Waals surface area contributed by atoms with Crippen LogP contribution in [0.1, 0.15) is 41.4 Å². The molecule has 1 atom stereocenters. The monoisotopic (exact) mass is 375 g/mol. The number of rotatable bonds is 4. The predicted octanol–water partition coefficient (Wildman–Crippen LogP) is 3.76. The number of fused-ring (bicyclic) bond motifs is 1. The van der Waals surface area contributed by atoms with Crippen LogP contribution in [0.15, 0.2) is 36.5 Å². The van der Waals surface area contributed by atoms with Gasteiger partial charge in [0.25, 0.3) is 5.91 Å². The van der Waals surface area contributed by atoms with Gasteiger partial charge in [0.05, 0.1) is 28.2 Å². The van der Waals surface area contributed by atoms with Crippen molar-refractivity contribution in [1.82, 2.24) is 10.3 Å². The van der Waals surface area contributed by atoms with Gasteiger partial charge < -0.3 is 5.32 Å². The number of aromatic nitrogens is 1. The predicted molar refractivity (Wildman–Crippen MR) is 96.0 cm³/mol. The minimum atomic E-state index is -0.479. The van der Waals surface area contributed by atoms with Crippen LogP contribution in [0.5, 0.6) is 0 Å². The van der Waals surface area contributed by atoms with E-state index in [0.717, 1.165) is 18.4 Å². The van der Waals surface area contributed by atoms with E-state index in [1.807, 2.05) is 6.07 Å². The van der Waals surface area contributed by atoms with Gasteiger partial charge in [0.15, 0.2) is 0 Å². The van der Waals surface area contributed by atoms with Crippen LogP contribution in [0.2, 0.25) is 10.0 Å². The van der Waals surface area contributed by atoms with E-state index in [2.05, 4.69) is 10.3 Å². The van der Waals surface area contributed by atoms with Gasteiger partial charge in [0.2, 0.25) is 5.91 Å². The highest BCUT2D eigenvalue weighted by molar-refractivity contribution is 6.40. The van der Waals surface area contributed by atoms with E-state index in [-0.39, 0.29) is 24.3 Å². The first-order chi connectivity index (χ1) is 12.1. The van der Waals surface area contributed by atoms with Crippen molar-refractivity contribution in [2.45, 2.75) is 31.3 Å². The van der Waals surface area contributed by atoms with Crippen LogP contribution in [0.4, 0.5) is 5.69 Å². The molecule has 2 amide bonds. The van der Waals surface area contributed by atoms with Crippen LogP contribution in [-0.2, 0) is 4.79 Å². The molecule has 1 aromatic carbocycles. The van der Waals surface area contributed by atoms with Crippen molar-refractivity contribution in [3.05, 3.63) is 57.8 Å². The zero-order chi connectivity index (χ0) is 17.6. The van der Waals surface area contributed by atoms with Gasteiger partial charge in [-0.3, -0.25) is 19.5 Å². The minimum Gasteiger partial charge on any atom is -0.353 e. The molecule has 0 saturated heterocycles. The summed E-state index contributed by atoms with van der Waals surface area (Å²) in [6.45, 7) is 0. The molecule has 7 heteroatoms. The summed E-state index contributed by atoms with van der Waals surface area (Å²) >= 11 is 12.6. The number of pyridine rings is 1. The molecule has 4 rings (SSSR count). The van der Waals surface area contributed by atoms with Crippen molar-refractivity contribution < 1.29 is 9.59 Å². The first kappa shape index (κ1) is 16.4. The summed E-state index contributed by atoms with van der Waals surface area (Å²) in [5.41, 5.74) is 1.47. The number of nitrogens with zero attached hydrogens (tertiary/aromatic N) is 2. The SMILES string of the molecule is O=C(CC1c2cccnc2C(=O)N1c1c(Cl)cccc1Cl)NC1CC1. The maximum absolute atomic E-state index is 12.9. The minimum absolute atomic E-state index is 0.0924. The summed E-state index contributed by atoms with van der Waals surface area (Å²) in [4.78, 5) is 31.0. The molecular formula is C18H15Cl2N3O2. The molecule has 1 aliphatic heterocycles. The number of carbonyl (C=O) groups excluding carboxylic acids is 2. The van der Waals surface area contributed by atoms with Gasteiger partial charge in [-0.25, -0.2) is 0 Å². The van der Waals surface area contributed by atoms with Gasteiger partial charge in [-0.2, -0.15) is 0 Å². The zero-order valence-electron chi connectivity index (χ0n) is 13.2. The van der Waals surface area contributed by atoms with E-state index in [4.69, 9.17) is 23.2 Å². The van der Waals surface area contributed by atoms with Crippen molar-refractivity contribution in [2.75, 3.05) is 4.90 Å². The number of halogens is 2. The molecule has 0 spiro atoms. The Morgan fingerprint density at radius 2 is 1.92 bits per heavy atom. The average molecular weight is 376 g/mol. The van der Waals surface area contributed by atoms with E-state index in [1.165, 1.54) is 4.90 Å². The number of benzene rings is 1. The molecular weight excluding hydrogens is 361 g/mol. The summed E-state index contributed by atoms with van der Waals surface area (Å²) in [6, 6.07) is 8.43. The third-order valence-corrected chi connectivity index (χ3v) is 5.04. The first-order valence-electron chi connectivity index (χ1n) is 8.08. The molecule has 0 bridgehead atoms. The Bertz CT molecular complexity index is 847. The highest BCUT2D eigenvalue weighted by Crippen LogP contribution is 2.44. The Hall–Kier alpha value is -2.11. The van der Waals surface area contributed by atoms with Crippen LogP contribution < -0.4 is 10.2 Å². The number of hydrogen-bond acceptors (Lipinski definition) is 3. The third kappa shape index (κ3) is 2.98. The molecule has 25 heavy (non-hydrogen) atoms. The fourth-order valence-electron chi connectivity index (χ4n) is 3.13. The number of para-hydroxylation sites is 1. The normalized spacial score (nSPS) is 19.0. The molecule has 1 unspecified atom stereocenters. The standard InChI is InChI=1S/C18H15Cl2N3O2/c19-12-4-1-5-13(20)17(12)23-14(9-15(24)22-10-6-7-10)11-3-2-8-21-16(11)18(23)25/h1-5,8,10,14H,6-7,9H2,(H,22,24). The lowest BCUT2D eigenvalue weighted by atomic mass is 10.0. The molecule has 2 aliphatic rings. The van der Waals surface area contributed by atoms with Gasteiger partial charge in [0.1, 0.15) is 5.69 Å². The Morgan fingerprint density at radius 1 is 1.20 bits per heavy atom. The van der Waals surface area contributed by atoms with Gasteiger partial charge in [-0.1, -0.05) is 35.3 Å². The summed E-state index contributed by atoms with van der Waals surface area (Å²) in [7, 11) is 0. The molecule has 1 saturated carbocycles. The van der Waals surface area contributed by atoms with Gasteiger partial charge in [-0.15, -0.1) is 0 Å². The quantitative estimate of drug-likeness (QED) is 0.884. The summed E-state index contributed by atoms with van der Waals surface area (Å²) in [5.74, 6) is -0.389. The van der Waals surface area contributed by atoms with Crippen LogP contribution >= 0.6 is 23.2 Å². The Balaban J connectivity index is 1.75. The highest BCUT2D eigenvalue weighted by atomic mass is 35.5. The van der Waals surface area contributed by atoms with E-state index in [0.29, 0.717) is 21.4 Å². The second-order valence-electron chi connectivity index (χ2n) is 6.25. The number of nitrogens with one attached hydrogen (secondary N) is 1. The molecule has 128 valence electrons. The number of amides is 2. The van der Waals surface area contributed by atoms with Crippen LogP contribution in [0.25, 0.3) is 0 Å². The Kier molecular flexibility index (Phi) is 4.13. The van der Waals surface area contributed by atoms with E-state index < -0.39 is 6.04 Å². The van der Waals surface area contributed by atoms with E-state index in [1.54, 1.807) is 30.5 Å². The fourth-order valence-corrected chi connectivity index (χ4v) is 3.71. The van der Waals surface area contributed by atoms with Crippen LogP contribution in [-0.4, -0.2) is 22.8 Å². The average Bonchev–Trinajstić information content (AvgIpc) is 3.35. The lowest BCUT2D eigenvalue weighted by Gasteiger charge is -2.26. The second-order valence-corrected chi connectivity index (χ2v) is 7.06. The van der Waals surface area contributed by atoms with Crippen molar-refractivity contribution in [3.8, 4) is 0 Å². The Labute approximate surface area is 154 Å². The van der Waals surface area contributed by atoms with Gasteiger partial charge in [-0.05, 0) is 31.0 Å². The largest absolute Gasteiger partial charge is 0.353 e. The summed E-state index contributed by atoms with van der Waals surface area (Å²) < 4.78 is 0. The van der Waals surface area contributed by atoms with Crippen molar-refractivity contribution in [1.29, 1.82) is 0 Å². The first-order valence-corrected chi connectivity index (χ1v) is 8.83. The smallest absolute Gasteiger partial charge is 0.277 e. The topological polar surface area (TPSA) is 62.3 Å². The molecule has 1 aromatic heterocycles. The molecule has 5 nitrogen and oxygen atoms in total. The molecule has 1 N–H and O–H groups in total. The number of anilines is 1. The van der Waals surface area contributed by atoms with Crippen molar-refractivity contribution >= 4 is 40.7 Å². The maximum atomic E-state index is 12.9. The maximum Gasteiger partial charge on any atom is 0.277 e. The summed E-state index contributed by atoms with van der Waals surface area (Å²) in [6.07, 6.45) is 3.72. The van der Waals surface area contributed by atoms with E-state index in [9.17, 15) is 9.59 Å².